The van der Waals surface area contributed by atoms with Crippen molar-refractivity contribution in [3.63, 3.8) is 0 Å². The molecule has 3 aromatic rings. The predicted molar refractivity (Wildman–Crippen MR) is 95.2 cm³/mol. The zero-order valence-electron chi connectivity index (χ0n) is 13.6. The lowest BCUT2D eigenvalue weighted by molar-refractivity contribution is -0.120. The first-order chi connectivity index (χ1) is 12.2. The normalized spacial score (nSPS) is 10.4. The van der Waals surface area contributed by atoms with Crippen LogP contribution in [0.15, 0.2) is 67.0 Å². The molecule has 0 spiro atoms. The maximum atomic E-state index is 12.1. The van der Waals surface area contributed by atoms with E-state index in [1.54, 1.807) is 18.3 Å². The molecule has 5 nitrogen and oxygen atoms in total. The van der Waals surface area contributed by atoms with E-state index in [-0.39, 0.29) is 25.5 Å². The van der Waals surface area contributed by atoms with Crippen LogP contribution >= 0.6 is 0 Å². The fraction of sp³-hybridized carbons (Fsp3) is 0.150. The molecule has 0 aliphatic rings. The van der Waals surface area contributed by atoms with Crippen LogP contribution < -0.4 is 5.32 Å². The molecule has 0 unspecified atom stereocenters. The van der Waals surface area contributed by atoms with Gasteiger partial charge in [-0.3, -0.25) is 9.78 Å². The summed E-state index contributed by atoms with van der Waals surface area (Å²) in [4.78, 5) is 27.7. The van der Waals surface area contributed by atoms with Gasteiger partial charge in [0.25, 0.3) is 0 Å². The maximum absolute atomic E-state index is 12.1. The summed E-state index contributed by atoms with van der Waals surface area (Å²) in [6.07, 6.45) is 3.32. The highest BCUT2D eigenvalue weighted by molar-refractivity contribution is 5.90. The zero-order valence-corrected chi connectivity index (χ0v) is 13.6. The quantitative estimate of drug-likeness (QED) is 0.556. The fourth-order valence-electron chi connectivity index (χ4n) is 2.58. The molecule has 0 aliphatic carbocycles. The van der Waals surface area contributed by atoms with Crippen LogP contribution in [0.4, 0.5) is 0 Å². The number of carbonyl (C=O) groups excluding carboxylic acids is 2. The third kappa shape index (κ3) is 4.41. The molecule has 1 aromatic heterocycles. The number of pyridine rings is 1. The van der Waals surface area contributed by atoms with Crippen molar-refractivity contribution in [1.29, 1.82) is 0 Å². The highest BCUT2D eigenvalue weighted by Crippen LogP contribution is 2.18. The highest BCUT2D eigenvalue weighted by atomic mass is 16.5. The second-order valence-corrected chi connectivity index (χ2v) is 5.54. The van der Waals surface area contributed by atoms with Crippen molar-refractivity contribution in [2.24, 2.45) is 0 Å². The van der Waals surface area contributed by atoms with Gasteiger partial charge in [0.15, 0.2) is 0 Å². The van der Waals surface area contributed by atoms with Crippen molar-refractivity contribution >= 4 is 22.6 Å². The Hall–Kier alpha value is -3.21. The number of nitrogens with one attached hydrogen (secondary N) is 1. The molecule has 0 radical (unpaired) electrons. The largest absolute Gasteiger partial charge is 0.460 e. The number of hydrogen-bond donors (Lipinski definition) is 1. The van der Waals surface area contributed by atoms with E-state index >= 15 is 0 Å². The van der Waals surface area contributed by atoms with Gasteiger partial charge in [0.05, 0.1) is 18.5 Å². The average Bonchev–Trinajstić information content (AvgIpc) is 2.66. The van der Waals surface area contributed by atoms with Gasteiger partial charge in [-0.2, -0.15) is 0 Å². The van der Waals surface area contributed by atoms with Crippen LogP contribution in [0.5, 0.6) is 0 Å². The molecule has 0 bridgehead atoms. The van der Waals surface area contributed by atoms with E-state index < -0.39 is 5.97 Å². The van der Waals surface area contributed by atoms with Crippen LogP contribution in [-0.4, -0.2) is 30.0 Å². The van der Waals surface area contributed by atoms with Crippen molar-refractivity contribution in [3.8, 4) is 0 Å². The fourth-order valence-corrected chi connectivity index (χ4v) is 2.58. The second-order valence-electron chi connectivity index (χ2n) is 5.54. The molecule has 126 valence electrons. The Morgan fingerprint density at radius 1 is 1.00 bits per heavy atom. The van der Waals surface area contributed by atoms with E-state index in [2.05, 4.69) is 10.3 Å². The Kier molecular flexibility index (Phi) is 5.36. The Balaban J connectivity index is 1.47. The number of hydrogen-bond acceptors (Lipinski definition) is 4. The minimum atomic E-state index is -0.448. The van der Waals surface area contributed by atoms with Gasteiger partial charge in [-0.25, -0.2) is 4.79 Å². The zero-order chi connectivity index (χ0) is 17.5. The number of benzene rings is 2. The Morgan fingerprint density at radius 3 is 2.68 bits per heavy atom. The van der Waals surface area contributed by atoms with Crippen LogP contribution in [0.3, 0.4) is 0 Å². The van der Waals surface area contributed by atoms with E-state index in [0.717, 1.165) is 16.3 Å². The molecule has 0 atom stereocenters. The molecule has 0 saturated heterocycles. The van der Waals surface area contributed by atoms with Crippen molar-refractivity contribution in [2.75, 3.05) is 13.2 Å². The molecule has 1 heterocycles. The summed E-state index contributed by atoms with van der Waals surface area (Å²) in [5.41, 5.74) is 1.37. The molecular formula is C20H18N2O3. The summed E-state index contributed by atoms with van der Waals surface area (Å²) in [7, 11) is 0. The Labute approximate surface area is 145 Å². The minimum absolute atomic E-state index is 0.103. The topological polar surface area (TPSA) is 68.3 Å². The summed E-state index contributed by atoms with van der Waals surface area (Å²) in [6.45, 7) is 0.393. The minimum Gasteiger partial charge on any atom is -0.460 e. The van der Waals surface area contributed by atoms with Gasteiger partial charge in [0.2, 0.25) is 5.91 Å². The summed E-state index contributed by atoms with van der Waals surface area (Å²) >= 11 is 0. The number of amides is 1. The van der Waals surface area contributed by atoms with Gasteiger partial charge >= 0.3 is 5.97 Å². The van der Waals surface area contributed by atoms with E-state index in [1.807, 2.05) is 42.5 Å². The third-order valence-electron chi connectivity index (χ3n) is 3.79. The van der Waals surface area contributed by atoms with Crippen LogP contribution in [0.1, 0.15) is 15.9 Å². The standard InChI is InChI=1S/C20H18N2O3/c23-19(13-16-7-3-6-15-5-1-2-9-18(15)16)22-11-12-25-20(24)17-8-4-10-21-14-17/h1-10,14H,11-13H2,(H,22,23). The molecule has 1 amide bonds. The van der Waals surface area contributed by atoms with Gasteiger partial charge in [-0.15, -0.1) is 0 Å². The molecule has 1 N–H and O–H groups in total. The lowest BCUT2D eigenvalue weighted by atomic mass is 10.0. The van der Waals surface area contributed by atoms with Crippen LogP contribution in [0, 0.1) is 0 Å². The van der Waals surface area contributed by atoms with Gasteiger partial charge < -0.3 is 10.1 Å². The first kappa shape index (κ1) is 16.6. The highest BCUT2D eigenvalue weighted by Gasteiger charge is 2.08. The van der Waals surface area contributed by atoms with E-state index in [9.17, 15) is 9.59 Å². The SMILES string of the molecule is O=C(Cc1cccc2ccccc12)NCCOC(=O)c1cccnc1. The number of fused-ring (bicyclic) bond motifs is 1. The number of carbonyl (C=O) groups is 2. The van der Waals surface area contributed by atoms with Crippen molar-refractivity contribution in [3.05, 3.63) is 78.1 Å². The van der Waals surface area contributed by atoms with Gasteiger partial charge in [0.1, 0.15) is 6.61 Å². The van der Waals surface area contributed by atoms with Crippen LogP contribution in [0.2, 0.25) is 0 Å². The summed E-state index contributed by atoms with van der Waals surface area (Å²) in [5, 5.41) is 4.95. The lowest BCUT2D eigenvalue weighted by Crippen LogP contribution is -2.29. The average molecular weight is 334 g/mol. The summed E-state index contributed by atoms with van der Waals surface area (Å²) < 4.78 is 5.11. The molecule has 5 heteroatoms. The number of nitrogens with zero attached hydrogens (tertiary/aromatic N) is 1. The number of ether oxygens (including phenoxy) is 1. The van der Waals surface area contributed by atoms with E-state index in [1.165, 1.54) is 6.20 Å². The Bertz CT molecular complexity index is 873. The lowest BCUT2D eigenvalue weighted by Gasteiger charge is -2.08. The smallest absolute Gasteiger partial charge is 0.339 e. The first-order valence-electron chi connectivity index (χ1n) is 8.04. The first-order valence-corrected chi connectivity index (χ1v) is 8.04. The van der Waals surface area contributed by atoms with Gasteiger partial charge in [-0.05, 0) is 28.5 Å². The summed E-state index contributed by atoms with van der Waals surface area (Å²) in [5.74, 6) is -0.551. The third-order valence-corrected chi connectivity index (χ3v) is 3.79. The van der Waals surface area contributed by atoms with E-state index in [0.29, 0.717) is 5.56 Å². The van der Waals surface area contributed by atoms with Crippen molar-refractivity contribution in [2.45, 2.75) is 6.42 Å². The number of aromatic nitrogens is 1. The van der Waals surface area contributed by atoms with Gasteiger partial charge in [0, 0.05) is 12.4 Å². The van der Waals surface area contributed by atoms with Crippen LogP contribution in [0.25, 0.3) is 10.8 Å². The predicted octanol–water partition coefficient (Wildman–Crippen LogP) is 2.75. The molecule has 3 rings (SSSR count). The molecule has 25 heavy (non-hydrogen) atoms. The molecule has 0 aliphatic heterocycles. The van der Waals surface area contributed by atoms with Gasteiger partial charge in [-0.1, -0.05) is 42.5 Å². The second kappa shape index (κ2) is 8.06. The maximum Gasteiger partial charge on any atom is 0.339 e. The number of esters is 1. The Morgan fingerprint density at radius 2 is 1.84 bits per heavy atom. The van der Waals surface area contributed by atoms with Crippen molar-refractivity contribution < 1.29 is 14.3 Å². The molecule has 0 saturated carbocycles. The van der Waals surface area contributed by atoms with Crippen LogP contribution in [-0.2, 0) is 16.0 Å². The van der Waals surface area contributed by atoms with E-state index in [4.69, 9.17) is 4.74 Å². The number of rotatable bonds is 6. The summed E-state index contributed by atoms with van der Waals surface area (Å²) in [6, 6.07) is 17.2. The van der Waals surface area contributed by atoms with Crippen molar-refractivity contribution in [1.82, 2.24) is 10.3 Å². The molecule has 0 fully saturated rings. The molecular weight excluding hydrogens is 316 g/mol. The molecule has 2 aromatic carbocycles. The monoisotopic (exact) mass is 334 g/mol.